The molecule has 0 saturated carbocycles. The average molecular weight is 446 g/mol. The summed E-state index contributed by atoms with van der Waals surface area (Å²) in [6.07, 6.45) is 6.85. The van der Waals surface area contributed by atoms with Gasteiger partial charge in [0.25, 0.3) is 0 Å². The van der Waals surface area contributed by atoms with Gasteiger partial charge in [-0.05, 0) is 37.5 Å². The van der Waals surface area contributed by atoms with Gasteiger partial charge in [-0.3, -0.25) is 4.79 Å². The standard InChI is InChI=1S/C20H27N7O3S/c1-2-10-26-18-7-6-16(12-17(18)24-25-26)31(29,30)27-11-4-3-5-19(27)20(28)22-9-8-15-13-21-14-23-15/h6-7,12-14,19H,2-5,8-11H2,1H3,(H,21,23)(H,22,28). The molecular weight excluding hydrogens is 418 g/mol. The summed E-state index contributed by atoms with van der Waals surface area (Å²) >= 11 is 0. The number of aryl methyl sites for hydroxylation is 1. The molecule has 2 aromatic heterocycles. The molecule has 0 aliphatic carbocycles. The molecule has 0 spiro atoms. The van der Waals surface area contributed by atoms with E-state index in [9.17, 15) is 13.2 Å². The van der Waals surface area contributed by atoms with E-state index < -0.39 is 16.1 Å². The number of aromatic nitrogens is 5. The normalized spacial score (nSPS) is 17.8. The van der Waals surface area contributed by atoms with E-state index in [1.54, 1.807) is 35.4 Å². The van der Waals surface area contributed by atoms with Crippen LogP contribution >= 0.6 is 0 Å². The van der Waals surface area contributed by atoms with Crippen LogP contribution in [0.2, 0.25) is 0 Å². The van der Waals surface area contributed by atoms with Crippen molar-refractivity contribution in [3.63, 3.8) is 0 Å². The Morgan fingerprint density at radius 3 is 2.97 bits per heavy atom. The largest absolute Gasteiger partial charge is 0.354 e. The van der Waals surface area contributed by atoms with Crippen LogP contribution in [-0.4, -0.2) is 62.7 Å². The van der Waals surface area contributed by atoms with Gasteiger partial charge in [-0.2, -0.15) is 4.31 Å². The lowest BCUT2D eigenvalue weighted by molar-refractivity contribution is -0.125. The fourth-order valence-electron chi connectivity index (χ4n) is 3.94. The minimum Gasteiger partial charge on any atom is -0.354 e. The number of sulfonamides is 1. The van der Waals surface area contributed by atoms with E-state index in [0.29, 0.717) is 31.4 Å². The van der Waals surface area contributed by atoms with Gasteiger partial charge in [0.15, 0.2) is 0 Å². The van der Waals surface area contributed by atoms with Gasteiger partial charge < -0.3 is 10.3 Å². The molecule has 1 atom stereocenters. The number of fused-ring (bicyclic) bond motifs is 1. The third-order valence-electron chi connectivity index (χ3n) is 5.53. The summed E-state index contributed by atoms with van der Waals surface area (Å²) in [6, 6.07) is 4.15. The monoisotopic (exact) mass is 445 g/mol. The van der Waals surface area contributed by atoms with Crippen molar-refractivity contribution < 1.29 is 13.2 Å². The molecule has 166 valence electrons. The summed E-state index contributed by atoms with van der Waals surface area (Å²) in [5.74, 6) is -0.266. The lowest BCUT2D eigenvalue weighted by Crippen LogP contribution is -2.52. The lowest BCUT2D eigenvalue weighted by atomic mass is 10.0. The number of H-pyrrole nitrogens is 1. The predicted molar refractivity (Wildman–Crippen MR) is 115 cm³/mol. The number of nitrogens with one attached hydrogen (secondary N) is 2. The van der Waals surface area contributed by atoms with Crippen molar-refractivity contribution in [2.45, 2.75) is 56.5 Å². The molecule has 1 aliphatic heterocycles. The zero-order chi connectivity index (χ0) is 21.8. The first kappa shape index (κ1) is 21.4. The Morgan fingerprint density at radius 2 is 2.19 bits per heavy atom. The Hall–Kier alpha value is -2.79. The van der Waals surface area contributed by atoms with Crippen LogP contribution in [0.25, 0.3) is 11.0 Å². The molecule has 0 bridgehead atoms. The molecule has 1 amide bonds. The van der Waals surface area contributed by atoms with Crippen LogP contribution < -0.4 is 5.32 Å². The Labute approximate surface area is 181 Å². The van der Waals surface area contributed by atoms with Gasteiger partial charge in [0.2, 0.25) is 15.9 Å². The number of aromatic amines is 1. The molecule has 1 aliphatic rings. The van der Waals surface area contributed by atoms with Crippen LogP contribution in [0.1, 0.15) is 38.3 Å². The number of carbonyl (C=O) groups excluding carboxylic acids is 1. The summed E-state index contributed by atoms with van der Waals surface area (Å²) < 4.78 is 29.9. The van der Waals surface area contributed by atoms with Crippen LogP contribution in [0.3, 0.4) is 0 Å². The number of amides is 1. The highest BCUT2D eigenvalue weighted by molar-refractivity contribution is 7.89. The Morgan fingerprint density at radius 1 is 1.32 bits per heavy atom. The Bertz CT molecular complexity index is 1140. The highest BCUT2D eigenvalue weighted by Gasteiger charge is 2.37. The molecule has 1 aromatic carbocycles. The van der Waals surface area contributed by atoms with Gasteiger partial charge in [-0.25, -0.2) is 18.1 Å². The van der Waals surface area contributed by atoms with Crippen molar-refractivity contribution in [3.8, 4) is 0 Å². The summed E-state index contributed by atoms with van der Waals surface area (Å²) in [5.41, 5.74) is 2.25. The minimum atomic E-state index is -3.84. The van der Waals surface area contributed by atoms with Crippen LogP contribution in [0.15, 0.2) is 35.6 Å². The number of hydrogen-bond acceptors (Lipinski definition) is 6. The number of imidazole rings is 1. The number of nitrogens with zero attached hydrogens (tertiary/aromatic N) is 5. The van der Waals surface area contributed by atoms with E-state index in [1.165, 1.54) is 4.31 Å². The molecule has 10 nitrogen and oxygen atoms in total. The van der Waals surface area contributed by atoms with Crippen molar-refractivity contribution in [2.75, 3.05) is 13.1 Å². The molecule has 11 heteroatoms. The number of piperidine rings is 1. The summed E-state index contributed by atoms with van der Waals surface area (Å²) in [7, 11) is -3.84. The molecule has 1 saturated heterocycles. The van der Waals surface area contributed by atoms with Crippen LogP contribution in [0.4, 0.5) is 0 Å². The molecule has 4 rings (SSSR count). The quantitative estimate of drug-likeness (QED) is 0.541. The fraction of sp³-hybridized carbons (Fsp3) is 0.500. The van der Waals surface area contributed by atoms with E-state index in [1.807, 2.05) is 6.92 Å². The first-order valence-electron chi connectivity index (χ1n) is 10.6. The van der Waals surface area contributed by atoms with E-state index in [4.69, 9.17) is 0 Å². The van der Waals surface area contributed by atoms with E-state index in [-0.39, 0.29) is 10.8 Å². The zero-order valence-corrected chi connectivity index (χ0v) is 18.3. The highest BCUT2D eigenvalue weighted by Crippen LogP contribution is 2.27. The molecule has 1 fully saturated rings. The SMILES string of the molecule is CCCn1nnc2cc(S(=O)(=O)N3CCCCC3C(=O)NCCc3cnc[nH]3)ccc21. The van der Waals surface area contributed by atoms with Gasteiger partial charge in [0.05, 0.1) is 16.7 Å². The number of benzene rings is 1. The summed E-state index contributed by atoms with van der Waals surface area (Å²) in [6.45, 7) is 3.50. The van der Waals surface area contributed by atoms with Crippen molar-refractivity contribution in [3.05, 3.63) is 36.4 Å². The van der Waals surface area contributed by atoms with Gasteiger partial charge in [0.1, 0.15) is 11.6 Å². The summed E-state index contributed by atoms with van der Waals surface area (Å²) in [4.78, 5) is 19.9. The maximum atomic E-state index is 13.4. The smallest absolute Gasteiger partial charge is 0.243 e. The van der Waals surface area contributed by atoms with Gasteiger partial charge in [-0.15, -0.1) is 5.10 Å². The van der Waals surface area contributed by atoms with Crippen molar-refractivity contribution in [2.24, 2.45) is 0 Å². The third kappa shape index (κ3) is 4.47. The molecular formula is C20H27N7O3S. The molecule has 1 unspecified atom stereocenters. The Balaban J connectivity index is 1.52. The van der Waals surface area contributed by atoms with Gasteiger partial charge >= 0.3 is 0 Å². The first-order chi connectivity index (χ1) is 15.0. The van der Waals surface area contributed by atoms with Crippen LogP contribution in [-0.2, 0) is 27.8 Å². The van der Waals surface area contributed by atoms with Crippen LogP contribution in [0, 0.1) is 0 Å². The van der Waals surface area contributed by atoms with Crippen molar-refractivity contribution in [1.82, 2.24) is 34.6 Å². The Kier molecular flexibility index (Phi) is 6.33. The van der Waals surface area contributed by atoms with E-state index in [2.05, 4.69) is 25.6 Å². The maximum absolute atomic E-state index is 13.4. The highest BCUT2D eigenvalue weighted by atomic mass is 32.2. The fourth-order valence-corrected chi connectivity index (χ4v) is 5.62. The average Bonchev–Trinajstić information content (AvgIpc) is 3.44. The summed E-state index contributed by atoms with van der Waals surface area (Å²) in [5, 5.41) is 11.1. The molecule has 31 heavy (non-hydrogen) atoms. The second kappa shape index (κ2) is 9.15. The number of rotatable bonds is 8. The number of carbonyl (C=O) groups is 1. The first-order valence-corrected chi connectivity index (χ1v) is 12.0. The molecule has 2 N–H and O–H groups in total. The van der Waals surface area contributed by atoms with Gasteiger partial charge in [-0.1, -0.05) is 18.6 Å². The molecule has 3 heterocycles. The second-order valence-electron chi connectivity index (χ2n) is 7.71. The molecule has 3 aromatic rings. The topological polar surface area (TPSA) is 126 Å². The minimum absolute atomic E-state index is 0.140. The lowest BCUT2D eigenvalue weighted by Gasteiger charge is -2.33. The number of hydrogen-bond donors (Lipinski definition) is 2. The van der Waals surface area contributed by atoms with E-state index in [0.717, 1.165) is 37.0 Å². The van der Waals surface area contributed by atoms with Crippen molar-refractivity contribution >= 4 is 27.0 Å². The maximum Gasteiger partial charge on any atom is 0.243 e. The molecule has 0 radical (unpaired) electrons. The van der Waals surface area contributed by atoms with Crippen molar-refractivity contribution in [1.29, 1.82) is 0 Å². The predicted octanol–water partition coefficient (Wildman–Crippen LogP) is 1.47. The zero-order valence-electron chi connectivity index (χ0n) is 17.5. The van der Waals surface area contributed by atoms with E-state index >= 15 is 0 Å². The second-order valence-corrected chi connectivity index (χ2v) is 9.60. The third-order valence-corrected chi connectivity index (χ3v) is 7.44. The van der Waals surface area contributed by atoms with Crippen LogP contribution in [0.5, 0.6) is 0 Å². The van der Waals surface area contributed by atoms with Gasteiger partial charge in [0, 0.05) is 37.9 Å².